The average Bonchev–Trinajstić information content (AvgIpc) is 2.15. The molecule has 1 aromatic rings. The second-order valence-corrected chi connectivity index (χ2v) is 3.63. The molecule has 2 nitrogen and oxygen atoms in total. The number of rotatable bonds is 4. The molecule has 0 saturated heterocycles. The third-order valence-corrected chi connectivity index (χ3v) is 2.24. The van der Waals surface area contributed by atoms with Crippen LogP contribution in [0.15, 0.2) is 18.2 Å². The zero-order valence-corrected chi connectivity index (χ0v) is 9.05. The first-order valence-corrected chi connectivity index (χ1v) is 5.06. The van der Waals surface area contributed by atoms with Crippen LogP contribution in [-0.4, -0.2) is 6.04 Å². The highest BCUT2D eigenvalue weighted by Crippen LogP contribution is 2.15. The Labute approximate surface area is 89.7 Å². The lowest BCUT2D eigenvalue weighted by atomic mass is 10.1. The highest BCUT2D eigenvalue weighted by atomic mass is 19.1. The number of nitriles is 1. The van der Waals surface area contributed by atoms with Gasteiger partial charge in [-0.25, -0.2) is 4.39 Å². The molecule has 0 heterocycles. The van der Waals surface area contributed by atoms with Gasteiger partial charge in [-0.05, 0) is 37.1 Å². The number of nitrogens with zero attached hydrogens (tertiary/aromatic N) is 1. The van der Waals surface area contributed by atoms with Crippen molar-refractivity contribution < 1.29 is 4.39 Å². The van der Waals surface area contributed by atoms with Crippen molar-refractivity contribution in [1.82, 2.24) is 0 Å². The van der Waals surface area contributed by atoms with Crippen LogP contribution in [0.5, 0.6) is 0 Å². The van der Waals surface area contributed by atoms with Gasteiger partial charge in [0, 0.05) is 11.7 Å². The van der Waals surface area contributed by atoms with Crippen LogP contribution in [0.3, 0.4) is 0 Å². The summed E-state index contributed by atoms with van der Waals surface area (Å²) in [7, 11) is 0. The van der Waals surface area contributed by atoms with Crippen LogP contribution in [-0.2, 0) is 0 Å². The molecular formula is C12H15FN2. The van der Waals surface area contributed by atoms with E-state index >= 15 is 0 Å². The zero-order valence-electron chi connectivity index (χ0n) is 9.05. The summed E-state index contributed by atoms with van der Waals surface area (Å²) in [6, 6.07) is 7.02. The van der Waals surface area contributed by atoms with E-state index in [2.05, 4.69) is 11.4 Å². The maximum Gasteiger partial charge on any atom is 0.125 e. The molecule has 3 heteroatoms. The zero-order chi connectivity index (χ0) is 11.3. The van der Waals surface area contributed by atoms with Crippen LogP contribution < -0.4 is 5.32 Å². The minimum atomic E-state index is -0.246. The predicted molar refractivity (Wildman–Crippen MR) is 59.1 cm³/mol. The molecule has 1 N–H and O–H groups in total. The number of hydrogen-bond acceptors (Lipinski definition) is 2. The quantitative estimate of drug-likeness (QED) is 0.820. The second-order valence-electron chi connectivity index (χ2n) is 3.63. The van der Waals surface area contributed by atoms with E-state index in [0.717, 1.165) is 17.7 Å². The lowest BCUT2D eigenvalue weighted by Gasteiger charge is -2.15. The predicted octanol–water partition coefficient (Wildman–Crippen LogP) is 3.24. The summed E-state index contributed by atoms with van der Waals surface area (Å²) in [6.45, 7) is 3.85. The number of hydrogen-bond donors (Lipinski definition) is 1. The number of anilines is 1. The topological polar surface area (TPSA) is 35.8 Å². The molecule has 0 bridgehead atoms. The fraction of sp³-hybridized carbons (Fsp3) is 0.417. The summed E-state index contributed by atoms with van der Waals surface area (Å²) in [6.07, 6.45) is 1.29. The van der Waals surface area contributed by atoms with Crippen molar-refractivity contribution in [2.24, 2.45) is 0 Å². The van der Waals surface area contributed by atoms with Gasteiger partial charge < -0.3 is 5.32 Å². The summed E-state index contributed by atoms with van der Waals surface area (Å²) in [4.78, 5) is 0. The molecule has 0 amide bonds. The summed E-state index contributed by atoms with van der Waals surface area (Å²) in [5, 5.41) is 11.7. The van der Waals surface area contributed by atoms with Crippen molar-refractivity contribution in [2.75, 3.05) is 5.32 Å². The van der Waals surface area contributed by atoms with Crippen molar-refractivity contribution >= 4 is 5.69 Å². The van der Waals surface area contributed by atoms with Crippen molar-refractivity contribution in [1.29, 1.82) is 5.26 Å². The van der Waals surface area contributed by atoms with Gasteiger partial charge in [0.15, 0.2) is 0 Å². The molecule has 1 rings (SSSR count). The standard InChI is InChI=1S/C12H15FN2/c1-3-11(4-5-14)15-12-7-9(2)6-10(13)8-12/h6-8,11,15H,3-4H2,1-2H3. The SMILES string of the molecule is CCC(CC#N)Nc1cc(C)cc(F)c1. The van der Waals surface area contributed by atoms with E-state index in [1.165, 1.54) is 12.1 Å². The number of nitrogens with one attached hydrogen (secondary N) is 1. The Hall–Kier alpha value is -1.56. The molecule has 80 valence electrons. The highest BCUT2D eigenvalue weighted by molar-refractivity contribution is 5.46. The monoisotopic (exact) mass is 206 g/mol. The fourth-order valence-corrected chi connectivity index (χ4v) is 1.46. The second kappa shape index (κ2) is 5.35. The van der Waals surface area contributed by atoms with Crippen LogP contribution in [0.4, 0.5) is 10.1 Å². The minimum absolute atomic E-state index is 0.0937. The van der Waals surface area contributed by atoms with Gasteiger partial charge in [0.2, 0.25) is 0 Å². The first-order chi connectivity index (χ1) is 7.15. The average molecular weight is 206 g/mol. The first-order valence-electron chi connectivity index (χ1n) is 5.06. The summed E-state index contributed by atoms with van der Waals surface area (Å²) < 4.78 is 13.1. The third-order valence-electron chi connectivity index (χ3n) is 2.24. The maximum absolute atomic E-state index is 13.1. The van der Waals surface area contributed by atoms with E-state index in [-0.39, 0.29) is 11.9 Å². The van der Waals surface area contributed by atoms with Crippen LogP contribution >= 0.6 is 0 Å². The Morgan fingerprint density at radius 2 is 2.20 bits per heavy atom. The van der Waals surface area contributed by atoms with Gasteiger partial charge in [-0.15, -0.1) is 0 Å². The van der Waals surface area contributed by atoms with Crippen molar-refractivity contribution in [3.63, 3.8) is 0 Å². The van der Waals surface area contributed by atoms with Gasteiger partial charge in [0.25, 0.3) is 0 Å². The minimum Gasteiger partial charge on any atom is -0.381 e. The molecule has 0 spiro atoms. The van der Waals surface area contributed by atoms with Crippen molar-refractivity contribution in [3.8, 4) is 6.07 Å². The number of aryl methyl sites for hydroxylation is 1. The number of benzene rings is 1. The summed E-state index contributed by atoms with van der Waals surface area (Å²) in [5.74, 6) is -0.246. The van der Waals surface area contributed by atoms with E-state index < -0.39 is 0 Å². The van der Waals surface area contributed by atoms with Crippen molar-refractivity contribution in [3.05, 3.63) is 29.6 Å². The van der Waals surface area contributed by atoms with Crippen LogP contribution in [0.25, 0.3) is 0 Å². The molecule has 0 aliphatic heterocycles. The van der Waals surface area contributed by atoms with Gasteiger partial charge in [-0.3, -0.25) is 0 Å². The van der Waals surface area contributed by atoms with Gasteiger partial charge in [-0.2, -0.15) is 5.26 Å². The molecule has 0 aliphatic carbocycles. The van der Waals surface area contributed by atoms with E-state index in [1.807, 2.05) is 19.9 Å². The smallest absolute Gasteiger partial charge is 0.125 e. The molecular weight excluding hydrogens is 191 g/mol. The van der Waals surface area contributed by atoms with Crippen molar-refractivity contribution in [2.45, 2.75) is 32.7 Å². The Kier molecular flexibility index (Phi) is 4.11. The van der Waals surface area contributed by atoms with Gasteiger partial charge >= 0.3 is 0 Å². The lowest BCUT2D eigenvalue weighted by molar-refractivity contribution is 0.626. The van der Waals surface area contributed by atoms with Gasteiger partial charge in [0.1, 0.15) is 5.82 Å². The molecule has 0 saturated carbocycles. The van der Waals surface area contributed by atoms with E-state index in [1.54, 1.807) is 0 Å². The largest absolute Gasteiger partial charge is 0.381 e. The van der Waals surface area contributed by atoms with Crippen LogP contribution in [0.1, 0.15) is 25.3 Å². The molecule has 0 fully saturated rings. The Bertz CT molecular complexity index is 348. The van der Waals surface area contributed by atoms with Gasteiger partial charge in [0.05, 0.1) is 12.5 Å². The first kappa shape index (κ1) is 11.5. The molecule has 1 atom stereocenters. The number of halogens is 1. The van der Waals surface area contributed by atoms with E-state index in [4.69, 9.17) is 5.26 Å². The Balaban J connectivity index is 2.75. The van der Waals surface area contributed by atoms with Crippen LogP contribution in [0, 0.1) is 24.1 Å². The molecule has 15 heavy (non-hydrogen) atoms. The Morgan fingerprint density at radius 1 is 1.47 bits per heavy atom. The van der Waals surface area contributed by atoms with E-state index in [9.17, 15) is 4.39 Å². The fourth-order valence-electron chi connectivity index (χ4n) is 1.46. The lowest BCUT2D eigenvalue weighted by Crippen LogP contribution is -2.17. The molecule has 0 radical (unpaired) electrons. The summed E-state index contributed by atoms with van der Waals surface area (Å²) in [5.41, 5.74) is 1.62. The maximum atomic E-state index is 13.1. The van der Waals surface area contributed by atoms with E-state index in [0.29, 0.717) is 6.42 Å². The summed E-state index contributed by atoms with van der Waals surface area (Å²) >= 11 is 0. The molecule has 1 unspecified atom stereocenters. The molecule has 0 aliphatic rings. The highest BCUT2D eigenvalue weighted by Gasteiger charge is 2.06. The molecule has 0 aromatic heterocycles. The Morgan fingerprint density at radius 3 is 2.73 bits per heavy atom. The normalized spacial score (nSPS) is 11.9. The van der Waals surface area contributed by atoms with Crippen LogP contribution in [0.2, 0.25) is 0 Å². The van der Waals surface area contributed by atoms with Gasteiger partial charge in [-0.1, -0.05) is 6.92 Å². The molecule has 1 aromatic carbocycles. The third kappa shape index (κ3) is 3.59.